The van der Waals surface area contributed by atoms with E-state index in [4.69, 9.17) is 4.74 Å². The van der Waals surface area contributed by atoms with E-state index in [2.05, 4.69) is 15.3 Å². The minimum Gasteiger partial charge on any atom is -0.462 e. The first-order valence-electron chi connectivity index (χ1n) is 7.97. The van der Waals surface area contributed by atoms with E-state index in [-0.39, 0.29) is 23.8 Å². The summed E-state index contributed by atoms with van der Waals surface area (Å²) in [5.74, 6) is 0.661. The topological polar surface area (TPSA) is 101 Å². The van der Waals surface area contributed by atoms with E-state index in [0.29, 0.717) is 33.5 Å². The molecule has 3 rings (SSSR count). The van der Waals surface area contributed by atoms with Crippen LogP contribution in [0.4, 0.5) is 5.69 Å². The minimum atomic E-state index is -0.488. The molecule has 2 aromatic rings. The zero-order valence-corrected chi connectivity index (χ0v) is 15.7. The average molecular weight is 391 g/mol. The molecule has 0 fully saturated rings. The Bertz CT molecular complexity index is 898. The van der Waals surface area contributed by atoms with Crippen molar-refractivity contribution in [3.63, 3.8) is 0 Å². The van der Waals surface area contributed by atoms with E-state index in [9.17, 15) is 14.4 Å². The number of amides is 1. The van der Waals surface area contributed by atoms with E-state index >= 15 is 0 Å². The number of aromatic amines is 1. The van der Waals surface area contributed by atoms with Crippen molar-refractivity contribution in [3.8, 4) is 0 Å². The lowest BCUT2D eigenvalue weighted by atomic mass is 10.2. The second-order valence-corrected chi connectivity index (χ2v) is 7.34. The van der Waals surface area contributed by atoms with Gasteiger partial charge in [0.1, 0.15) is 0 Å². The second-order valence-electron chi connectivity index (χ2n) is 5.39. The molecule has 1 amide bonds. The van der Waals surface area contributed by atoms with E-state index in [0.717, 1.165) is 17.5 Å². The van der Waals surface area contributed by atoms with Gasteiger partial charge in [-0.15, -0.1) is 0 Å². The van der Waals surface area contributed by atoms with Crippen LogP contribution in [0.5, 0.6) is 0 Å². The quantitative estimate of drug-likeness (QED) is 0.443. The van der Waals surface area contributed by atoms with Crippen molar-refractivity contribution < 1.29 is 14.3 Å². The number of fused-ring (bicyclic) bond motifs is 1. The molecule has 26 heavy (non-hydrogen) atoms. The van der Waals surface area contributed by atoms with Gasteiger partial charge in [-0.05, 0) is 19.1 Å². The Labute approximate surface area is 158 Å². The standard InChI is InChI=1S/C17H17N3O4S2/c1-2-24-16(23)10-5-3-4-6-12(10)18-14(21)9-26-17-19-13-8-25-7-11(13)15(22)20-17/h3-6H,2,7-9H2,1H3,(H,18,21)(H,19,20,22). The molecule has 1 aliphatic rings. The van der Waals surface area contributed by atoms with Gasteiger partial charge in [0, 0.05) is 17.1 Å². The summed E-state index contributed by atoms with van der Waals surface area (Å²) in [7, 11) is 0. The number of ether oxygens (including phenoxy) is 1. The maximum absolute atomic E-state index is 12.2. The highest BCUT2D eigenvalue weighted by molar-refractivity contribution is 7.99. The van der Waals surface area contributed by atoms with Crippen LogP contribution < -0.4 is 10.9 Å². The largest absolute Gasteiger partial charge is 0.462 e. The molecule has 1 aromatic carbocycles. The predicted octanol–water partition coefficient (Wildman–Crippen LogP) is 2.42. The Hall–Kier alpha value is -2.26. The molecule has 0 aliphatic carbocycles. The molecule has 0 atom stereocenters. The summed E-state index contributed by atoms with van der Waals surface area (Å²) < 4.78 is 4.99. The molecule has 136 valence electrons. The highest BCUT2D eigenvalue weighted by atomic mass is 32.2. The Morgan fingerprint density at radius 3 is 2.96 bits per heavy atom. The smallest absolute Gasteiger partial charge is 0.340 e. The molecule has 0 bridgehead atoms. The molecule has 2 N–H and O–H groups in total. The van der Waals surface area contributed by atoms with Crippen LogP contribution in [0.1, 0.15) is 28.5 Å². The van der Waals surface area contributed by atoms with E-state index in [1.807, 2.05) is 0 Å². The van der Waals surface area contributed by atoms with Crippen LogP contribution >= 0.6 is 23.5 Å². The fourth-order valence-electron chi connectivity index (χ4n) is 2.41. The van der Waals surface area contributed by atoms with Crippen molar-refractivity contribution in [2.75, 3.05) is 17.7 Å². The number of aromatic nitrogens is 2. The van der Waals surface area contributed by atoms with Crippen molar-refractivity contribution in [1.29, 1.82) is 0 Å². The third kappa shape index (κ3) is 4.28. The number of anilines is 1. The molecule has 0 saturated carbocycles. The summed E-state index contributed by atoms with van der Waals surface area (Å²) >= 11 is 2.79. The number of hydrogen-bond donors (Lipinski definition) is 2. The summed E-state index contributed by atoms with van der Waals surface area (Å²) in [6, 6.07) is 6.66. The Morgan fingerprint density at radius 2 is 2.15 bits per heavy atom. The zero-order valence-electron chi connectivity index (χ0n) is 14.0. The van der Waals surface area contributed by atoms with Gasteiger partial charge in [-0.3, -0.25) is 9.59 Å². The Morgan fingerprint density at radius 1 is 1.35 bits per heavy atom. The summed E-state index contributed by atoms with van der Waals surface area (Å²) in [4.78, 5) is 43.2. The van der Waals surface area contributed by atoms with Gasteiger partial charge in [-0.2, -0.15) is 11.8 Å². The van der Waals surface area contributed by atoms with Gasteiger partial charge < -0.3 is 15.0 Å². The number of nitrogens with one attached hydrogen (secondary N) is 2. The molecule has 0 radical (unpaired) electrons. The molecule has 9 heteroatoms. The van der Waals surface area contributed by atoms with Crippen LogP contribution in [0, 0.1) is 0 Å². The highest BCUT2D eigenvalue weighted by Crippen LogP contribution is 2.26. The molecule has 1 aliphatic heterocycles. The lowest BCUT2D eigenvalue weighted by molar-refractivity contribution is -0.113. The number of carbonyl (C=O) groups excluding carboxylic acids is 2. The third-order valence-electron chi connectivity index (χ3n) is 3.60. The number of benzene rings is 1. The number of hydrogen-bond acceptors (Lipinski definition) is 7. The van der Waals surface area contributed by atoms with Gasteiger partial charge in [0.05, 0.1) is 29.3 Å². The summed E-state index contributed by atoms with van der Waals surface area (Å²) in [6.45, 7) is 1.98. The monoisotopic (exact) mass is 391 g/mol. The summed E-state index contributed by atoms with van der Waals surface area (Å²) in [5, 5.41) is 3.12. The van der Waals surface area contributed by atoms with Crippen LogP contribution in [0.25, 0.3) is 0 Å². The van der Waals surface area contributed by atoms with Crippen molar-refractivity contribution in [2.24, 2.45) is 0 Å². The fraction of sp³-hybridized carbons (Fsp3) is 0.294. The number of thioether (sulfide) groups is 2. The number of esters is 1. The Kier molecular flexibility index (Phi) is 6.00. The molecule has 1 aromatic heterocycles. The maximum atomic E-state index is 12.2. The first-order valence-corrected chi connectivity index (χ1v) is 10.1. The van der Waals surface area contributed by atoms with Gasteiger partial charge in [0.2, 0.25) is 5.91 Å². The third-order valence-corrected chi connectivity index (χ3v) is 5.44. The molecule has 7 nitrogen and oxygen atoms in total. The average Bonchev–Trinajstić information content (AvgIpc) is 3.10. The van der Waals surface area contributed by atoms with E-state index in [1.165, 1.54) is 0 Å². The van der Waals surface area contributed by atoms with Gasteiger partial charge in [0.15, 0.2) is 5.16 Å². The summed E-state index contributed by atoms with van der Waals surface area (Å²) in [5.41, 5.74) is 2.05. The van der Waals surface area contributed by atoms with Crippen molar-refractivity contribution in [3.05, 3.63) is 51.4 Å². The summed E-state index contributed by atoms with van der Waals surface area (Å²) in [6.07, 6.45) is 0. The van der Waals surface area contributed by atoms with Gasteiger partial charge >= 0.3 is 5.97 Å². The van der Waals surface area contributed by atoms with Gasteiger partial charge in [-0.25, -0.2) is 9.78 Å². The zero-order chi connectivity index (χ0) is 18.5. The Balaban J connectivity index is 1.64. The van der Waals surface area contributed by atoms with Crippen LogP contribution in [0.3, 0.4) is 0 Å². The molecular weight excluding hydrogens is 374 g/mol. The number of nitrogens with zero attached hydrogens (tertiary/aromatic N) is 1. The lowest BCUT2D eigenvalue weighted by Gasteiger charge is -2.10. The van der Waals surface area contributed by atoms with Crippen LogP contribution in [0.15, 0.2) is 34.2 Å². The molecule has 0 unspecified atom stereocenters. The molecule has 0 spiro atoms. The number of carbonyl (C=O) groups is 2. The SMILES string of the molecule is CCOC(=O)c1ccccc1NC(=O)CSc1nc2c(c(=O)[nH]1)CSC2. The van der Waals surface area contributed by atoms with Crippen molar-refractivity contribution >= 4 is 41.1 Å². The molecule has 0 saturated heterocycles. The van der Waals surface area contributed by atoms with Crippen molar-refractivity contribution in [1.82, 2.24) is 9.97 Å². The highest BCUT2D eigenvalue weighted by Gasteiger charge is 2.18. The van der Waals surface area contributed by atoms with Crippen LogP contribution in [-0.2, 0) is 21.0 Å². The van der Waals surface area contributed by atoms with Crippen LogP contribution in [-0.4, -0.2) is 34.2 Å². The predicted molar refractivity (Wildman–Crippen MR) is 102 cm³/mol. The van der Waals surface area contributed by atoms with Gasteiger partial charge in [0.25, 0.3) is 5.56 Å². The lowest BCUT2D eigenvalue weighted by Crippen LogP contribution is -2.19. The second kappa shape index (κ2) is 8.41. The number of para-hydroxylation sites is 1. The first kappa shape index (κ1) is 18.5. The number of H-pyrrole nitrogens is 1. The maximum Gasteiger partial charge on any atom is 0.340 e. The number of rotatable bonds is 6. The van der Waals surface area contributed by atoms with Crippen LogP contribution in [0.2, 0.25) is 0 Å². The normalized spacial score (nSPS) is 12.5. The van der Waals surface area contributed by atoms with E-state index in [1.54, 1.807) is 43.0 Å². The minimum absolute atomic E-state index is 0.0615. The molecule has 2 heterocycles. The van der Waals surface area contributed by atoms with Crippen molar-refractivity contribution in [2.45, 2.75) is 23.6 Å². The van der Waals surface area contributed by atoms with Gasteiger partial charge in [-0.1, -0.05) is 23.9 Å². The van der Waals surface area contributed by atoms with E-state index < -0.39 is 5.97 Å². The first-order chi connectivity index (χ1) is 12.6. The molecular formula is C17H17N3O4S2. The fourth-order valence-corrected chi connectivity index (χ4v) is 4.12.